The van der Waals surface area contributed by atoms with Crippen LogP contribution in [0, 0.1) is 0 Å². The Hall–Kier alpha value is -2.43. The van der Waals surface area contributed by atoms with E-state index in [2.05, 4.69) is 30.2 Å². The van der Waals surface area contributed by atoms with Gasteiger partial charge in [0.2, 0.25) is 0 Å². The lowest BCUT2D eigenvalue weighted by molar-refractivity contribution is -0.136. The molecular weight excluding hydrogens is 325 g/mol. The van der Waals surface area contributed by atoms with E-state index in [1.54, 1.807) is 6.07 Å². The maximum absolute atomic E-state index is 12.9. The first-order valence-corrected chi connectivity index (χ1v) is 8.25. The molecule has 0 fully saturated rings. The number of hydrogen-bond acceptors (Lipinski definition) is 2. The van der Waals surface area contributed by atoms with Crippen LogP contribution in [0.15, 0.2) is 60.3 Å². The Morgan fingerprint density at radius 2 is 1.84 bits per heavy atom. The smallest absolute Gasteiger partial charge is 0.398 e. The summed E-state index contributed by atoms with van der Waals surface area (Å²) in [5, 5.41) is 0. The van der Waals surface area contributed by atoms with Crippen LogP contribution >= 0.6 is 0 Å². The van der Waals surface area contributed by atoms with Gasteiger partial charge in [0, 0.05) is 24.7 Å². The third kappa shape index (κ3) is 4.16. The fourth-order valence-electron chi connectivity index (χ4n) is 3.40. The van der Waals surface area contributed by atoms with E-state index in [0.717, 1.165) is 31.1 Å². The van der Waals surface area contributed by atoms with Crippen LogP contribution in [0.4, 0.5) is 18.9 Å². The van der Waals surface area contributed by atoms with Crippen molar-refractivity contribution in [2.45, 2.75) is 32.0 Å². The average Bonchev–Trinajstić information content (AvgIpc) is 2.54. The number of nitrogens with two attached hydrogens (primary N) is 1. The molecule has 2 aromatic rings. The zero-order valence-corrected chi connectivity index (χ0v) is 14.1. The Morgan fingerprint density at radius 3 is 2.48 bits per heavy atom. The molecule has 0 bridgehead atoms. The predicted octanol–water partition coefficient (Wildman–Crippen LogP) is 5.18. The Balaban J connectivity index is 1.79. The molecule has 1 unspecified atom stereocenters. The highest BCUT2D eigenvalue weighted by atomic mass is 19.4. The van der Waals surface area contributed by atoms with Gasteiger partial charge in [-0.3, -0.25) is 0 Å². The van der Waals surface area contributed by atoms with Gasteiger partial charge in [0.1, 0.15) is 0 Å². The number of anilines is 1. The summed E-state index contributed by atoms with van der Waals surface area (Å²) >= 11 is 0. The second kappa shape index (κ2) is 6.82. The minimum Gasteiger partial charge on any atom is -0.398 e. The molecule has 3 rings (SSSR count). The minimum absolute atomic E-state index is 0.137. The van der Waals surface area contributed by atoms with Crippen LogP contribution < -0.4 is 5.73 Å². The Morgan fingerprint density at radius 1 is 1.12 bits per heavy atom. The number of nitrogens with zero attached hydrogens (tertiary/aromatic N) is 1. The normalized spacial score (nSPS) is 18.2. The van der Waals surface area contributed by atoms with Gasteiger partial charge in [0.05, 0.1) is 5.56 Å². The van der Waals surface area contributed by atoms with Gasteiger partial charge >= 0.3 is 6.18 Å². The fraction of sp³-hybridized carbons (Fsp3) is 0.300. The summed E-state index contributed by atoms with van der Waals surface area (Å²) in [6.45, 7) is 3.60. The summed E-state index contributed by atoms with van der Waals surface area (Å²) in [6, 6.07) is 14.3. The van der Waals surface area contributed by atoms with Crippen LogP contribution in [0.3, 0.4) is 0 Å². The molecule has 2 aromatic carbocycles. The Kier molecular flexibility index (Phi) is 4.75. The molecule has 25 heavy (non-hydrogen) atoms. The van der Waals surface area contributed by atoms with Gasteiger partial charge in [-0.15, -0.1) is 0 Å². The van der Waals surface area contributed by atoms with Crippen molar-refractivity contribution in [3.63, 3.8) is 0 Å². The standard InChI is InChI=1S/C20H21F3N2/c1-14-9-17(13-25(11-14)12-15-5-3-2-4-6-15)16-7-8-18(19(24)10-16)20(21,22)23/h2-8,10-11,17H,9,12-13,24H2,1H3. The molecule has 0 saturated heterocycles. The number of nitrogen functional groups attached to an aromatic ring is 1. The van der Waals surface area contributed by atoms with Gasteiger partial charge in [0.15, 0.2) is 0 Å². The van der Waals surface area contributed by atoms with Gasteiger partial charge in [-0.1, -0.05) is 42.0 Å². The summed E-state index contributed by atoms with van der Waals surface area (Å²) in [4.78, 5) is 2.21. The average molecular weight is 346 g/mol. The van der Waals surface area contributed by atoms with E-state index in [0.29, 0.717) is 0 Å². The molecule has 1 aliphatic heterocycles. The minimum atomic E-state index is -4.41. The number of rotatable bonds is 3. The highest BCUT2D eigenvalue weighted by Crippen LogP contribution is 2.37. The molecule has 132 valence electrons. The van der Waals surface area contributed by atoms with Crippen molar-refractivity contribution in [3.05, 3.63) is 77.0 Å². The lowest BCUT2D eigenvalue weighted by atomic mass is 9.88. The highest BCUT2D eigenvalue weighted by Gasteiger charge is 2.33. The van der Waals surface area contributed by atoms with Crippen LogP contribution in [0.1, 0.15) is 36.0 Å². The van der Waals surface area contributed by atoms with E-state index in [1.807, 2.05) is 18.2 Å². The first kappa shape index (κ1) is 17.4. The first-order valence-electron chi connectivity index (χ1n) is 8.25. The first-order chi connectivity index (χ1) is 11.8. The second-order valence-electron chi connectivity index (χ2n) is 6.64. The number of allylic oxidation sites excluding steroid dienone is 1. The summed E-state index contributed by atoms with van der Waals surface area (Å²) in [5.41, 5.74) is 7.97. The van der Waals surface area contributed by atoms with Crippen LogP contribution in [-0.4, -0.2) is 11.4 Å². The van der Waals surface area contributed by atoms with E-state index in [-0.39, 0.29) is 11.6 Å². The zero-order chi connectivity index (χ0) is 18.0. The van der Waals surface area contributed by atoms with E-state index in [4.69, 9.17) is 5.73 Å². The molecule has 1 aliphatic rings. The third-order valence-corrected chi connectivity index (χ3v) is 4.51. The van der Waals surface area contributed by atoms with Crippen molar-refractivity contribution in [2.75, 3.05) is 12.3 Å². The lowest BCUT2D eigenvalue weighted by Gasteiger charge is -2.32. The highest BCUT2D eigenvalue weighted by molar-refractivity contribution is 5.51. The molecular formula is C20H21F3N2. The van der Waals surface area contributed by atoms with Crippen molar-refractivity contribution in [2.24, 2.45) is 0 Å². The molecule has 2 N–H and O–H groups in total. The van der Waals surface area contributed by atoms with E-state index in [9.17, 15) is 13.2 Å². The van der Waals surface area contributed by atoms with Crippen molar-refractivity contribution in [3.8, 4) is 0 Å². The molecule has 5 heteroatoms. The number of hydrogen-bond donors (Lipinski definition) is 1. The van der Waals surface area contributed by atoms with Gasteiger partial charge in [-0.2, -0.15) is 13.2 Å². The Bertz CT molecular complexity index is 766. The molecule has 0 amide bonds. The van der Waals surface area contributed by atoms with E-state index >= 15 is 0 Å². The second-order valence-corrected chi connectivity index (χ2v) is 6.64. The lowest BCUT2D eigenvalue weighted by Crippen LogP contribution is -2.28. The van der Waals surface area contributed by atoms with E-state index < -0.39 is 11.7 Å². The van der Waals surface area contributed by atoms with Crippen LogP contribution in [0.25, 0.3) is 0 Å². The third-order valence-electron chi connectivity index (χ3n) is 4.51. The van der Waals surface area contributed by atoms with Crippen LogP contribution in [-0.2, 0) is 12.7 Å². The summed E-state index contributed by atoms with van der Waals surface area (Å²) in [6.07, 6.45) is -1.45. The Labute approximate surface area is 145 Å². The monoisotopic (exact) mass is 346 g/mol. The van der Waals surface area contributed by atoms with Crippen molar-refractivity contribution in [1.82, 2.24) is 4.90 Å². The summed E-state index contributed by atoms with van der Waals surface area (Å²) < 4.78 is 38.7. The topological polar surface area (TPSA) is 29.3 Å². The van der Waals surface area contributed by atoms with Gasteiger partial charge in [-0.25, -0.2) is 0 Å². The molecule has 0 saturated carbocycles. The summed E-state index contributed by atoms with van der Waals surface area (Å²) in [5.74, 6) is 0.137. The SMILES string of the molecule is CC1=CN(Cc2ccccc2)CC(c2ccc(C(F)(F)F)c(N)c2)C1. The largest absolute Gasteiger partial charge is 0.418 e. The quantitative estimate of drug-likeness (QED) is 0.776. The van der Waals surface area contributed by atoms with Gasteiger partial charge in [0.25, 0.3) is 0 Å². The van der Waals surface area contributed by atoms with E-state index in [1.165, 1.54) is 17.2 Å². The van der Waals surface area contributed by atoms with Gasteiger partial charge in [-0.05, 0) is 42.8 Å². The number of halogens is 3. The molecule has 0 aromatic heterocycles. The molecule has 0 radical (unpaired) electrons. The number of alkyl halides is 3. The number of benzene rings is 2. The zero-order valence-electron chi connectivity index (χ0n) is 14.1. The van der Waals surface area contributed by atoms with Gasteiger partial charge < -0.3 is 10.6 Å². The van der Waals surface area contributed by atoms with Crippen LogP contribution in [0.5, 0.6) is 0 Å². The van der Waals surface area contributed by atoms with Crippen LogP contribution in [0.2, 0.25) is 0 Å². The molecule has 2 nitrogen and oxygen atoms in total. The molecule has 1 atom stereocenters. The van der Waals surface area contributed by atoms with Crippen molar-refractivity contribution in [1.29, 1.82) is 0 Å². The predicted molar refractivity (Wildman–Crippen MR) is 93.8 cm³/mol. The molecule has 0 spiro atoms. The fourth-order valence-corrected chi connectivity index (χ4v) is 3.40. The molecule has 1 heterocycles. The maximum Gasteiger partial charge on any atom is 0.418 e. The maximum atomic E-state index is 12.9. The van der Waals surface area contributed by atoms with Crippen molar-refractivity contribution < 1.29 is 13.2 Å². The van der Waals surface area contributed by atoms with Crippen molar-refractivity contribution >= 4 is 5.69 Å². The molecule has 0 aliphatic carbocycles. The summed E-state index contributed by atoms with van der Waals surface area (Å²) in [7, 11) is 0.